The number of carbonyl (C=O) groups is 2. The summed E-state index contributed by atoms with van der Waals surface area (Å²) in [5.41, 5.74) is 1.87. The van der Waals surface area contributed by atoms with Gasteiger partial charge < -0.3 is 5.32 Å². The largest absolute Gasteiger partial charge is 0.416 e. The maximum absolute atomic E-state index is 12.5. The van der Waals surface area contributed by atoms with Crippen molar-refractivity contribution in [1.82, 2.24) is 15.0 Å². The number of nitrogens with zero attached hydrogens (tertiary/aromatic N) is 2. The van der Waals surface area contributed by atoms with Gasteiger partial charge >= 0.3 is 6.18 Å². The zero-order chi connectivity index (χ0) is 24.1. The second kappa shape index (κ2) is 10.1. The van der Waals surface area contributed by atoms with E-state index in [1.54, 1.807) is 0 Å². The van der Waals surface area contributed by atoms with Gasteiger partial charge in [-0.2, -0.15) is 22.6 Å². The van der Waals surface area contributed by atoms with Gasteiger partial charge in [0, 0.05) is 18.7 Å². The Kier molecular flexibility index (Phi) is 7.49. The van der Waals surface area contributed by atoms with E-state index < -0.39 is 40.1 Å². The Labute approximate surface area is 188 Å². The molecule has 0 bridgehead atoms. The normalized spacial score (nSPS) is 15.0. The van der Waals surface area contributed by atoms with Crippen LogP contribution in [0.3, 0.4) is 0 Å². The number of sulfonamides is 1. The highest BCUT2D eigenvalue weighted by atomic mass is 32.2. The Morgan fingerprint density at radius 1 is 1.00 bits per heavy atom. The molecule has 0 atom stereocenters. The number of halogens is 3. The highest BCUT2D eigenvalue weighted by Crippen LogP contribution is 2.28. The van der Waals surface area contributed by atoms with E-state index in [9.17, 15) is 31.2 Å². The van der Waals surface area contributed by atoms with Crippen LogP contribution in [0.4, 0.5) is 13.2 Å². The molecule has 0 spiro atoms. The lowest BCUT2D eigenvalue weighted by Gasteiger charge is -2.15. The molecular formula is C21H21F3N4O4S. The smallest absolute Gasteiger partial charge is 0.343 e. The predicted octanol–water partition coefficient (Wildman–Crippen LogP) is 2.37. The Morgan fingerprint density at radius 2 is 1.61 bits per heavy atom. The van der Waals surface area contributed by atoms with Crippen LogP contribution < -0.4 is 10.7 Å². The first-order chi connectivity index (χ1) is 15.6. The molecule has 1 saturated heterocycles. The van der Waals surface area contributed by atoms with Crippen molar-refractivity contribution in [2.75, 3.05) is 19.6 Å². The topological polar surface area (TPSA) is 108 Å². The van der Waals surface area contributed by atoms with Gasteiger partial charge in [-0.05, 0) is 54.8 Å². The highest BCUT2D eigenvalue weighted by Gasteiger charge is 2.30. The minimum atomic E-state index is -4.44. The molecule has 33 heavy (non-hydrogen) atoms. The van der Waals surface area contributed by atoms with Crippen LogP contribution in [-0.4, -0.2) is 50.4 Å². The number of nitrogens with one attached hydrogen (secondary N) is 2. The molecule has 8 nitrogen and oxygen atoms in total. The fraction of sp³-hybridized carbons (Fsp3) is 0.286. The van der Waals surface area contributed by atoms with Crippen LogP contribution in [-0.2, 0) is 21.0 Å². The molecule has 1 aliphatic rings. The van der Waals surface area contributed by atoms with Crippen molar-refractivity contribution in [3.8, 4) is 0 Å². The fourth-order valence-corrected chi connectivity index (χ4v) is 4.61. The van der Waals surface area contributed by atoms with Gasteiger partial charge in [0.05, 0.1) is 23.2 Å². The van der Waals surface area contributed by atoms with Gasteiger partial charge in [0.2, 0.25) is 10.0 Å². The van der Waals surface area contributed by atoms with Crippen molar-refractivity contribution in [3.63, 3.8) is 0 Å². The minimum absolute atomic E-state index is 0.0938. The molecule has 2 amide bonds. The lowest BCUT2D eigenvalue weighted by atomic mass is 10.1. The summed E-state index contributed by atoms with van der Waals surface area (Å²) < 4.78 is 64.0. The Balaban J connectivity index is 1.48. The molecule has 1 aliphatic heterocycles. The van der Waals surface area contributed by atoms with E-state index in [1.807, 2.05) is 0 Å². The summed E-state index contributed by atoms with van der Waals surface area (Å²) in [6, 6.07) is 9.60. The van der Waals surface area contributed by atoms with Gasteiger partial charge in [0.15, 0.2) is 0 Å². The summed E-state index contributed by atoms with van der Waals surface area (Å²) in [7, 11) is -3.58. The van der Waals surface area contributed by atoms with Gasteiger partial charge in [0.1, 0.15) is 0 Å². The molecule has 0 radical (unpaired) electrons. The van der Waals surface area contributed by atoms with Gasteiger partial charge in [-0.15, -0.1) is 0 Å². The van der Waals surface area contributed by atoms with Crippen molar-refractivity contribution in [2.24, 2.45) is 5.10 Å². The van der Waals surface area contributed by atoms with E-state index in [-0.39, 0.29) is 10.5 Å². The molecule has 176 valence electrons. The molecular weight excluding hydrogens is 461 g/mol. The molecule has 0 saturated carbocycles. The van der Waals surface area contributed by atoms with E-state index in [1.165, 1.54) is 46.9 Å². The average Bonchev–Trinajstić information content (AvgIpc) is 3.33. The number of hydrogen-bond acceptors (Lipinski definition) is 5. The molecule has 0 aliphatic carbocycles. The molecule has 2 N–H and O–H groups in total. The zero-order valence-corrected chi connectivity index (χ0v) is 18.1. The fourth-order valence-electron chi connectivity index (χ4n) is 3.09. The molecule has 1 fully saturated rings. The maximum atomic E-state index is 12.5. The molecule has 1 heterocycles. The van der Waals surface area contributed by atoms with Gasteiger partial charge in [-0.1, -0.05) is 12.1 Å². The Bertz CT molecular complexity index is 1130. The lowest BCUT2D eigenvalue weighted by Crippen LogP contribution is -2.35. The van der Waals surface area contributed by atoms with Crippen molar-refractivity contribution < 1.29 is 31.2 Å². The van der Waals surface area contributed by atoms with E-state index >= 15 is 0 Å². The third kappa shape index (κ3) is 6.39. The van der Waals surface area contributed by atoms with Crippen molar-refractivity contribution in [1.29, 1.82) is 0 Å². The molecule has 3 rings (SSSR count). The second-order valence-electron chi connectivity index (χ2n) is 7.23. The van der Waals surface area contributed by atoms with E-state index in [0.717, 1.165) is 25.0 Å². The second-order valence-corrected chi connectivity index (χ2v) is 9.17. The SMILES string of the molecule is O=C(CNC(=O)c1ccc(S(=O)(=O)N2CCCC2)cc1)N/N=C/c1ccc(C(F)(F)F)cc1. The van der Waals surface area contributed by atoms with Crippen LogP contribution in [0.25, 0.3) is 0 Å². The van der Waals surface area contributed by atoms with Crippen LogP contribution in [0.15, 0.2) is 58.5 Å². The summed E-state index contributed by atoms with van der Waals surface area (Å²) in [5, 5.41) is 6.01. The van der Waals surface area contributed by atoms with E-state index in [2.05, 4.69) is 15.8 Å². The molecule has 12 heteroatoms. The van der Waals surface area contributed by atoms with Crippen LogP contribution >= 0.6 is 0 Å². The Hall–Kier alpha value is -3.25. The predicted molar refractivity (Wildman–Crippen MR) is 114 cm³/mol. The highest BCUT2D eigenvalue weighted by molar-refractivity contribution is 7.89. The van der Waals surface area contributed by atoms with E-state index in [4.69, 9.17) is 0 Å². The maximum Gasteiger partial charge on any atom is 0.416 e. The van der Waals surface area contributed by atoms with Crippen molar-refractivity contribution in [2.45, 2.75) is 23.9 Å². The first-order valence-electron chi connectivity index (χ1n) is 9.95. The molecule has 0 unspecified atom stereocenters. The third-order valence-corrected chi connectivity index (χ3v) is 6.78. The van der Waals surface area contributed by atoms with Crippen molar-refractivity contribution in [3.05, 3.63) is 65.2 Å². The monoisotopic (exact) mass is 482 g/mol. The summed E-state index contributed by atoms with van der Waals surface area (Å²) in [6.07, 6.45) is -1.64. The lowest BCUT2D eigenvalue weighted by molar-refractivity contribution is -0.137. The number of alkyl halides is 3. The van der Waals surface area contributed by atoms with Gasteiger partial charge in [0.25, 0.3) is 11.8 Å². The first kappa shape index (κ1) is 24.4. The van der Waals surface area contributed by atoms with Crippen LogP contribution in [0, 0.1) is 0 Å². The van der Waals surface area contributed by atoms with Crippen molar-refractivity contribution >= 4 is 28.1 Å². The van der Waals surface area contributed by atoms with Crippen LogP contribution in [0.5, 0.6) is 0 Å². The van der Waals surface area contributed by atoms with Crippen LogP contribution in [0.1, 0.15) is 34.3 Å². The zero-order valence-electron chi connectivity index (χ0n) is 17.3. The Morgan fingerprint density at radius 3 is 2.18 bits per heavy atom. The first-order valence-corrected chi connectivity index (χ1v) is 11.4. The summed E-state index contributed by atoms with van der Waals surface area (Å²) in [5.74, 6) is -1.23. The summed E-state index contributed by atoms with van der Waals surface area (Å²) >= 11 is 0. The number of hydrazone groups is 1. The average molecular weight is 482 g/mol. The van der Waals surface area contributed by atoms with Gasteiger partial charge in [-0.25, -0.2) is 13.8 Å². The number of carbonyl (C=O) groups excluding carboxylic acids is 2. The minimum Gasteiger partial charge on any atom is -0.343 e. The molecule has 2 aromatic carbocycles. The number of amides is 2. The van der Waals surface area contributed by atoms with E-state index in [0.29, 0.717) is 18.7 Å². The molecule has 0 aromatic heterocycles. The standard InChI is InChI=1S/C21H21F3N4O4S/c22-21(23,24)17-7-3-15(4-8-17)13-26-27-19(29)14-25-20(30)16-5-9-18(10-6-16)33(31,32)28-11-1-2-12-28/h3-10,13H,1-2,11-12,14H2,(H,25,30)(H,27,29)/b26-13+. The number of rotatable bonds is 7. The quantitative estimate of drug-likeness (QED) is 0.467. The summed E-state index contributed by atoms with van der Waals surface area (Å²) in [6.45, 7) is 0.541. The number of benzene rings is 2. The van der Waals surface area contributed by atoms with Gasteiger partial charge in [-0.3, -0.25) is 9.59 Å². The number of hydrogen-bond donors (Lipinski definition) is 2. The summed E-state index contributed by atoms with van der Waals surface area (Å²) in [4.78, 5) is 24.1. The van der Waals surface area contributed by atoms with Crippen LogP contribution in [0.2, 0.25) is 0 Å². The molecule has 2 aromatic rings. The third-order valence-electron chi connectivity index (χ3n) is 4.87.